The van der Waals surface area contributed by atoms with Gasteiger partial charge in [-0.15, -0.1) is 38.5 Å². The second-order valence-corrected chi connectivity index (χ2v) is 30.0. The Labute approximate surface area is 578 Å². The van der Waals surface area contributed by atoms with Crippen LogP contribution in [0.3, 0.4) is 0 Å². The molecule has 0 saturated carbocycles. The number of nitrogens with zero attached hydrogens (tertiary/aromatic N) is 13. The minimum atomic E-state index is -0.0349. The first-order chi connectivity index (χ1) is 44.3. The van der Waals surface area contributed by atoms with E-state index in [1.54, 1.807) is 55.5 Å². The van der Waals surface area contributed by atoms with Gasteiger partial charge in [-0.25, -0.2) is 64.8 Å². The molecule has 0 bridgehead atoms. The Morgan fingerprint density at radius 1 is 0.312 bits per heavy atom. The SMILES string of the molecule is C#Cc1cc(C(C)(C)C)ccn1.C#Cc1cc(C(C)(C)C)ncn1.C#Cc1cccc(C(C)(C)C)n1.C#Cc1ccnc(C(C)(C)C)n1.C#Cc1nccc(C(C)(C)C)n1.C#Cc1ncccc1C(C)(C)C.C=Cc1cc(C(C)(C)C)ncn1.C=Cc1ccnc(C(C)(C)C)n1. The first-order valence-electron chi connectivity index (χ1n) is 31.4. The lowest BCUT2D eigenvalue weighted by Gasteiger charge is -2.19. The Morgan fingerprint density at radius 2 is 0.781 bits per heavy atom. The topological polar surface area (TPSA) is 168 Å². The number of pyridine rings is 3. The maximum atomic E-state index is 5.33. The lowest BCUT2D eigenvalue weighted by atomic mass is 9.86. The molecule has 0 fully saturated rings. The fraction of sp³-hybridized carbons (Fsp3) is 0.386. The van der Waals surface area contributed by atoms with Crippen LogP contribution in [0.15, 0.2) is 130 Å². The molecule has 0 aliphatic rings. The van der Waals surface area contributed by atoms with E-state index in [0.29, 0.717) is 28.6 Å². The van der Waals surface area contributed by atoms with Crippen molar-refractivity contribution in [3.63, 3.8) is 0 Å². The molecule has 0 amide bonds. The molecule has 0 aromatic carbocycles. The highest BCUT2D eigenvalue weighted by atomic mass is 14.9. The lowest BCUT2D eigenvalue weighted by molar-refractivity contribution is 0.544. The number of hydrogen-bond acceptors (Lipinski definition) is 13. The molecule has 0 unspecified atom stereocenters. The summed E-state index contributed by atoms with van der Waals surface area (Å²) in [7, 11) is 0. The summed E-state index contributed by atoms with van der Waals surface area (Å²) in [5, 5.41) is 0. The highest BCUT2D eigenvalue weighted by Crippen LogP contribution is 2.26. The zero-order valence-electron chi connectivity index (χ0n) is 61.8. The molecular weight excluding hydrogens is 1180 g/mol. The Hall–Kier alpha value is -10.3. The van der Waals surface area contributed by atoms with Gasteiger partial charge >= 0.3 is 0 Å². The van der Waals surface area contributed by atoms with Crippen molar-refractivity contribution in [3.8, 4) is 74.1 Å². The van der Waals surface area contributed by atoms with Crippen LogP contribution >= 0.6 is 0 Å². The summed E-state index contributed by atoms with van der Waals surface area (Å²) in [6.45, 7) is 57.9. The molecule has 0 spiro atoms. The summed E-state index contributed by atoms with van der Waals surface area (Å²) in [5.41, 5.74) is 12.1. The van der Waals surface area contributed by atoms with Crippen LogP contribution in [0.2, 0.25) is 0 Å². The van der Waals surface area contributed by atoms with Crippen LogP contribution in [0.5, 0.6) is 0 Å². The first kappa shape index (κ1) is 83.7. The van der Waals surface area contributed by atoms with E-state index in [-0.39, 0.29) is 43.3 Å². The molecule has 500 valence electrons. The largest absolute Gasteiger partial charge is 0.248 e. The molecule has 13 nitrogen and oxygen atoms in total. The lowest BCUT2D eigenvalue weighted by Crippen LogP contribution is -2.16. The molecule has 0 saturated heterocycles. The molecule has 0 radical (unpaired) electrons. The van der Waals surface area contributed by atoms with Gasteiger partial charge in [-0.2, -0.15) is 0 Å². The van der Waals surface area contributed by atoms with Crippen molar-refractivity contribution in [1.29, 1.82) is 0 Å². The van der Waals surface area contributed by atoms with E-state index >= 15 is 0 Å². The zero-order chi connectivity index (χ0) is 73.5. The van der Waals surface area contributed by atoms with E-state index in [9.17, 15) is 0 Å². The minimum Gasteiger partial charge on any atom is -0.248 e. The van der Waals surface area contributed by atoms with Gasteiger partial charge in [0.2, 0.25) is 5.82 Å². The fourth-order valence-corrected chi connectivity index (χ4v) is 7.27. The summed E-state index contributed by atoms with van der Waals surface area (Å²) >= 11 is 0. The Balaban J connectivity index is 0.000000549. The Kier molecular flexibility index (Phi) is 32.7. The van der Waals surface area contributed by atoms with E-state index in [4.69, 9.17) is 38.5 Å². The van der Waals surface area contributed by atoms with Gasteiger partial charge in [-0.05, 0) is 107 Å². The van der Waals surface area contributed by atoms with Crippen LogP contribution in [-0.2, 0) is 43.3 Å². The third-order valence-electron chi connectivity index (χ3n) is 13.0. The van der Waals surface area contributed by atoms with Gasteiger partial charge in [0.05, 0.1) is 22.8 Å². The fourth-order valence-electron chi connectivity index (χ4n) is 7.27. The third kappa shape index (κ3) is 31.5. The molecule has 13 heteroatoms. The maximum absolute atomic E-state index is 5.33. The smallest absolute Gasteiger partial charge is 0.204 e. The summed E-state index contributed by atoms with van der Waals surface area (Å²) < 4.78 is 0. The number of hydrogen-bond donors (Lipinski definition) is 0. The number of terminal acetylenes is 6. The molecule has 8 heterocycles. The van der Waals surface area contributed by atoms with E-state index in [0.717, 1.165) is 57.1 Å². The van der Waals surface area contributed by atoms with Crippen molar-refractivity contribution >= 4 is 12.2 Å². The quantitative estimate of drug-likeness (QED) is 0.150. The molecule has 0 aliphatic heterocycles. The molecule has 0 atom stereocenters. The number of aromatic nitrogens is 13. The summed E-state index contributed by atoms with van der Waals surface area (Å²) in [6.07, 6.45) is 46.7. The minimum absolute atomic E-state index is 0.0129. The summed E-state index contributed by atoms with van der Waals surface area (Å²) in [4.78, 5) is 53.8. The standard InChI is InChI=1S/3C11H13N.C10H14N2.2C10H12N2.C10H14N2.C10H12N2/c1-5-10-8-9(6-7-12-10)11(2,3)4;1-5-10-9(11(2,3)4)7-6-8-12-10;1-5-9-7-6-8-10(12-9)11(2,3)4;2*1-5-8-6-9(10(2,3)4)12-7-11-8;1-5-9-11-7-6-8(12-9)10(2,3)4;2*1-5-8-6-7-11-9(12-8)10(2,3)4/h3*1,6-8H,2-4H3;5-7H,1H2,2-4H3;2*1,6-7H,2-4H3;5-7H,1H2,2-4H3;1,6-7H,2-4H3. The van der Waals surface area contributed by atoms with Crippen LogP contribution in [0.4, 0.5) is 0 Å². The Morgan fingerprint density at radius 3 is 1.25 bits per heavy atom. The van der Waals surface area contributed by atoms with Gasteiger partial charge in [-0.1, -0.05) is 215 Å². The average molecular weight is 1280 g/mol. The van der Waals surface area contributed by atoms with Crippen molar-refractivity contribution in [2.24, 2.45) is 0 Å². The normalized spacial score (nSPS) is 10.9. The van der Waals surface area contributed by atoms with Crippen molar-refractivity contribution < 1.29 is 0 Å². The van der Waals surface area contributed by atoms with Gasteiger partial charge < -0.3 is 0 Å². The summed E-state index contributed by atoms with van der Waals surface area (Å²) in [5.74, 6) is 17.2. The van der Waals surface area contributed by atoms with E-state index in [2.05, 4.69) is 280 Å². The van der Waals surface area contributed by atoms with Gasteiger partial charge in [0.1, 0.15) is 52.8 Å². The monoisotopic (exact) mass is 1280 g/mol. The third-order valence-corrected chi connectivity index (χ3v) is 13.0. The molecular formula is C83H103N13. The molecule has 96 heavy (non-hydrogen) atoms. The molecule has 0 aliphatic carbocycles. The number of rotatable bonds is 2. The van der Waals surface area contributed by atoms with E-state index in [1.807, 2.05) is 66.7 Å². The van der Waals surface area contributed by atoms with Crippen molar-refractivity contribution in [2.45, 2.75) is 209 Å². The van der Waals surface area contributed by atoms with Crippen LogP contribution in [0.1, 0.15) is 257 Å². The highest BCUT2D eigenvalue weighted by Gasteiger charge is 2.21. The first-order valence-corrected chi connectivity index (χ1v) is 31.4. The predicted molar refractivity (Wildman–Crippen MR) is 400 cm³/mol. The Bertz CT molecular complexity index is 3580. The molecule has 8 aromatic rings. The van der Waals surface area contributed by atoms with Crippen LogP contribution in [0.25, 0.3) is 12.2 Å². The van der Waals surface area contributed by atoms with Crippen LogP contribution in [0, 0.1) is 74.1 Å². The second kappa shape index (κ2) is 37.5. The van der Waals surface area contributed by atoms with Crippen molar-refractivity contribution in [1.82, 2.24) is 64.8 Å². The van der Waals surface area contributed by atoms with Gasteiger partial charge in [-0.3, -0.25) is 0 Å². The van der Waals surface area contributed by atoms with E-state index in [1.165, 1.54) is 11.9 Å². The second-order valence-electron chi connectivity index (χ2n) is 30.0. The van der Waals surface area contributed by atoms with Crippen LogP contribution in [-0.4, -0.2) is 64.8 Å². The highest BCUT2D eigenvalue weighted by molar-refractivity contribution is 5.43. The van der Waals surface area contributed by atoms with Crippen molar-refractivity contribution in [2.75, 3.05) is 0 Å². The van der Waals surface area contributed by atoms with Crippen molar-refractivity contribution in [3.05, 3.63) is 221 Å². The zero-order valence-corrected chi connectivity index (χ0v) is 61.8. The van der Waals surface area contributed by atoms with Gasteiger partial charge in [0.15, 0.2) is 0 Å². The average Bonchev–Trinajstić information content (AvgIpc) is 0.983. The maximum Gasteiger partial charge on any atom is 0.204 e. The molecule has 8 aromatic heterocycles. The molecule has 8 rings (SSSR count). The summed E-state index contributed by atoms with van der Waals surface area (Å²) in [6, 6.07) is 23.0. The van der Waals surface area contributed by atoms with Gasteiger partial charge in [0, 0.05) is 74.9 Å². The molecule has 0 N–H and O–H groups in total. The predicted octanol–water partition coefficient (Wildman–Crippen LogP) is 17.2. The van der Waals surface area contributed by atoms with E-state index < -0.39 is 0 Å². The van der Waals surface area contributed by atoms with Crippen LogP contribution < -0.4 is 0 Å². The van der Waals surface area contributed by atoms with Gasteiger partial charge in [0.25, 0.3) is 0 Å².